The number of halogens is 4. The standard InChI is InChI=1S/C15H13BrClF2N/c1-9(15-13(18)3-2-4-14(15)19)20-8-10-7-11(17)5-6-12(10)16/h2-7,9,20H,8H2,1H3. The molecule has 1 nitrogen and oxygen atoms in total. The van der Waals surface area contributed by atoms with Crippen LogP contribution in [0.3, 0.4) is 0 Å². The van der Waals surface area contributed by atoms with Gasteiger partial charge in [-0.15, -0.1) is 0 Å². The van der Waals surface area contributed by atoms with Gasteiger partial charge in [0.25, 0.3) is 0 Å². The Labute approximate surface area is 130 Å². The van der Waals surface area contributed by atoms with E-state index in [0.29, 0.717) is 11.6 Å². The monoisotopic (exact) mass is 359 g/mol. The van der Waals surface area contributed by atoms with E-state index in [-0.39, 0.29) is 5.56 Å². The average Bonchev–Trinajstić information content (AvgIpc) is 2.39. The van der Waals surface area contributed by atoms with E-state index in [0.717, 1.165) is 10.0 Å². The Hall–Kier alpha value is -0.970. The predicted octanol–water partition coefficient (Wildman–Crippen LogP) is 5.23. The minimum Gasteiger partial charge on any atom is -0.306 e. The molecule has 20 heavy (non-hydrogen) atoms. The summed E-state index contributed by atoms with van der Waals surface area (Å²) in [7, 11) is 0. The number of benzene rings is 2. The van der Waals surface area contributed by atoms with Crippen molar-refractivity contribution >= 4 is 27.5 Å². The molecule has 0 saturated carbocycles. The number of rotatable bonds is 4. The molecule has 0 aliphatic carbocycles. The molecule has 5 heteroatoms. The van der Waals surface area contributed by atoms with Crippen molar-refractivity contribution in [1.82, 2.24) is 5.32 Å². The Balaban J connectivity index is 2.13. The molecule has 0 bridgehead atoms. The third-order valence-electron chi connectivity index (χ3n) is 3.04. The van der Waals surface area contributed by atoms with E-state index in [4.69, 9.17) is 11.6 Å². The van der Waals surface area contributed by atoms with Crippen molar-refractivity contribution < 1.29 is 8.78 Å². The second kappa shape index (κ2) is 6.66. The molecule has 0 spiro atoms. The second-order valence-electron chi connectivity index (χ2n) is 4.47. The lowest BCUT2D eigenvalue weighted by molar-refractivity contribution is 0.487. The maximum Gasteiger partial charge on any atom is 0.130 e. The molecule has 0 saturated heterocycles. The highest BCUT2D eigenvalue weighted by atomic mass is 79.9. The Morgan fingerprint density at radius 3 is 2.50 bits per heavy atom. The first-order valence-corrected chi connectivity index (χ1v) is 7.27. The summed E-state index contributed by atoms with van der Waals surface area (Å²) >= 11 is 9.35. The van der Waals surface area contributed by atoms with Gasteiger partial charge >= 0.3 is 0 Å². The predicted molar refractivity (Wildman–Crippen MR) is 80.8 cm³/mol. The highest BCUT2D eigenvalue weighted by molar-refractivity contribution is 9.10. The molecule has 1 unspecified atom stereocenters. The van der Waals surface area contributed by atoms with Crippen LogP contribution in [0.5, 0.6) is 0 Å². The van der Waals surface area contributed by atoms with Crippen molar-refractivity contribution in [2.45, 2.75) is 19.5 Å². The van der Waals surface area contributed by atoms with E-state index in [9.17, 15) is 8.78 Å². The number of nitrogens with one attached hydrogen (secondary N) is 1. The first-order chi connectivity index (χ1) is 9.49. The van der Waals surface area contributed by atoms with E-state index in [1.54, 1.807) is 13.0 Å². The topological polar surface area (TPSA) is 12.0 Å². The van der Waals surface area contributed by atoms with Crippen LogP contribution in [-0.2, 0) is 6.54 Å². The molecule has 0 aliphatic rings. The molecule has 0 aliphatic heterocycles. The summed E-state index contributed by atoms with van der Waals surface area (Å²) in [5.74, 6) is -1.09. The van der Waals surface area contributed by atoms with E-state index in [1.807, 2.05) is 12.1 Å². The van der Waals surface area contributed by atoms with Crippen LogP contribution in [0.4, 0.5) is 8.78 Å². The molecule has 1 atom stereocenters. The molecule has 0 heterocycles. The average molecular weight is 361 g/mol. The fraction of sp³-hybridized carbons (Fsp3) is 0.200. The van der Waals surface area contributed by atoms with Gasteiger partial charge < -0.3 is 5.32 Å². The Kier molecular flexibility index (Phi) is 5.13. The summed E-state index contributed by atoms with van der Waals surface area (Å²) in [6.07, 6.45) is 0. The zero-order valence-corrected chi connectivity index (χ0v) is 13.1. The van der Waals surface area contributed by atoms with Crippen LogP contribution < -0.4 is 5.32 Å². The molecule has 0 amide bonds. The lowest BCUT2D eigenvalue weighted by atomic mass is 10.1. The molecular weight excluding hydrogens is 348 g/mol. The second-order valence-corrected chi connectivity index (χ2v) is 5.76. The normalized spacial score (nSPS) is 12.4. The van der Waals surface area contributed by atoms with Crippen molar-refractivity contribution in [2.75, 3.05) is 0 Å². The fourth-order valence-corrected chi connectivity index (χ4v) is 2.55. The van der Waals surface area contributed by atoms with Crippen LogP contribution in [0, 0.1) is 11.6 Å². The Bertz CT molecular complexity index is 599. The molecule has 2 aromatic rings. The molecule has 0 fully saturated rings. The van der Waals surface area contributed by atoms with Crippen molar-refractivity contribution in [1.29, 1.82) is 0 Å². The van der Waals surface area contributed by atoms with Crippen LogP contribution in [0.25, 0.3) is 0 Å². The summed E-state index contributed by atoms with van der Waals surface area (Å²) in [6, 6.07) is 8.85. The van der Waals surface area contributed by atoms with Gasteiger partial charge in [-0.25, -0.2) is 8.78 Å². The summed E-state index contributed by atoms with van der Waals surface area (Å²) in [6.45, 7) is 2.18. The third kappa shape index (κ3) is 3.57. The van der Waals surface area contributed by atoms with Gasteiger partial charge in [0.05, 0.1) is 0 Å². The smallest absolute Gasteiger partial charge is 0.130 e. The molecule has 0 radical (unpaired) electrons. The largest absolute Gasteiger partial charge is 0.306 e. The van der Waals surface area contributed by atoms with E-state index in [1.165, 1.54) is 18.2 Å². The van der Waals surface area contributed by atoms with E-state index < -0.39 is 17.7 Å². The minimum absolute atomic E-state index is 0.0469. The van der Waals surface area contributed by atoms with Crippen molar-refractivity contribution in [3.05, 3.63) is 68.7 Å². The maximum atomic E-state index is 13.7. The van der Waals surface area contributed by atoms with Crippen molar-refractivity contribution in [2.24, 2.45) is 0 Å². The lowest BCUT2D eigenvalue weighted by Gasteiger charge is -2.16. The van der Waals surface area contributed by atoms with E-state index >= 15 is 0 Å². The van der Waals surface area contributed by atoms with Gasteiger partial charge in [0.2, 0.25) is 0 Å². The van der Waals surface area contributed by atoms with Gasteiger partial charge in [-0.05, 0) is 42.8 Å². The first kappa shape index (κ1) is 15.4. The third-order valence-corrected chi connectivity index (χ3v) is 4.05. The van der Waals surface area contributed by atoms with Gasteiger partial charge in [0.1, 0.15) is 11.6 Å². The van der Waals surface area contributed by atoms with Gasteiger partial charge in [-0.2, -0.15) is 0 Å². The van der Waals surface area contributed by atoms with Crippen LogP contribution in [-0.4, -0.2) is 0 Å². The molecule has 106 valence electrons. The molecule has 2 rings (SSSR count). The van der Waals surface area contributed by atoms with Gasteiger partial charge in [-0.1, -0.05) is 33.6 Å². The van der Waals surface area contributed by atoms with Crippen molar-refractivity contribution in [3.63, 3.8) is 0 Å². The van der Waals surface area contributed by atoms with Crippen LogP contribution >= 0.6 is 27.5 Å². The maximum absolute atomic E-state index is 13.7. The molecule has 2 aromatic carbocycles. The van der Waals surface area contributed by atoms with Crippen molar-refractivity contribution in [3.8, 4) is 0 Å². The molecular formula is C15H13BrClF2N. The summed E-state index contributed by atoms with van der Waals surface area (Å²) in [4.78, 5) is 0. The highest BCUT2D eigenvalue weighted by Gasteiger charge is 2.15. The summed E-state index contributed by atoms with van der Waals surface area (Å²) in [5, 5.41) is 3.72. The van der Waals surface area contributed by atoms with Gasteiger partial charge in [0.15, 0.2) is 0 Å². The molecule has 1 N–H and O–H groups in total. The van der Waals surface area contributed by atoms with Crippen LogP contribution in [0.15, 0.2) is 40.9 Å². The van der Waals surface area contributed by atoms with Crippen LogP contribution in [0.1, 0.15) is 24.1 Å². The first-order valence-electron chi connectivity index (χ1n) is 6.10. The Morgan fingerprint density at radius 1 is 1.20 bits per heavy atom. The summed E-state index contributed by atoms with van der Waals surface area (Å²) in [5.41, 5.74) is 0.978. The van der Waals surface area contributed by atoms with Crippen LogP contribution in [0.2, 0.25) is 5.02 Å². The van der Waals surface area contributed by atoms with E-state index in [2.05, 4.69) is 21.2 Å². The minimum atomic E-state index is -0.546. The fourth-order valence-electron chi connectivity index (χ4n) is 1.97. The zero-order valence-electron chi connectivity index (χ0n) is 10.8. The van der Waals surface area contributed by atoms with Gasteiger partial charge in [0, 0.05) is 27.6 Å². The van der Waals surface area contributed by atoms with Gasteiger partial charge in [-0.3, -0.25) is 0 Å². The number of hydrogen-bond donors (Lipinski definition) is 1. The quantitative estimate of drug-likeness (QED) is 0.787. The Morgan fingerprint density at radius 2 is 1.85 bits per heavy atom. The molecule has 0 aromatic heterocycles. The summed E-state index contributed by atoms with van der Waals surface area (Å²) < 4.78 is 28.2. The number of hydrogen-bond acceptors (Lipinski definition) is 1. The highest BCUT2D eigenvalue weighted by Crippen LogP contribution is 2.24. The lowest BCUT2D eigenvalue weighted by Crippen LogP contribution is -2.20. The SMILES string of the molecule is CC(NCc1cc(Cl)ccc1Br)c1c(F)cccc1F. The zero-order chi connectivity index (χ0) is 14.7.